The van der Waals surface area contributed by atoms with E-state index in [1.165, 1.54) is 24.3 Å². The molecule has 0 amide bonds. The fraction of sp³-hybridized carbons (Fsp3) is 0.105. The van der Waals surface area contributed by atoms with Gasteiger partial charge in [-0.05, 0) is 30.3 Å². The molecule has 28 heavy (non-hydrogen) atoms. The molecule has 2 aromatic heterocycles. The SMILES string of the molecule is O=C(Cc1n[nH]c(=O)c2ccccc12)OCc1nc(-c2ccc(F)cc2)no1. The first-order chi connectivity index (χ1) is 13.6. The lowest BCUT2D eigenvalue weighted by Crippen LogP contribution is -2.15. The van der Waals surface area contributed by atoms with Gasteiger partial charge < -0.3 is 9.26 Å². The Morgan fingerprint density at radius 3 is 2.64 bits per heavy atom. The third kappa shape index (κ3) is 3.63. The van der Waals surface area contributed by atoms with Crippen LogP contribution in [0.15, 0.2) is 57.8 Å². The zero-order valence-corrected chi connectivity index (χ0v) is 14.4. The number of aromatic nitrogens is 4. The second-order valence-electron chi connectivity index (χ2n) is 5.90. The Bertz CT molecular complexity index is 1200. The number of aromatic amines is 1. The predicted molar refractivity (Wildman–Crippen MR) is 95.6 cm³/mol. The lowest BCUT2D eigenvalue weighted by molar-refractivity contribution is -0.144. The van der Waals surface area contributed by atoms with Gasteiger partial charge in [0.15, 0.2) is 6.61 Å². The van der Waals surface area contributed by atoms with E-state index < -0.39 is 5.97 Å². The number of nitrogens with zero attached hydrogens (tertiary/aromatic N) is 3. The van der Waals surface area contributed by atoms with Crippen LogP contribution in [0.4, 0.5) is 4.39 Å². The molecular weight excluding hydrogens is 367 g/mol. The molecule has 0 spiro atoms. The van der Waals surface area contributed by atoms with Crippen molar-refractivity contribution in [3.63, 3.8) is 0 Å². The number of nitrogens with one attached hydrogen (secondary N) is 1. The van der Waals surface area contributed by atoms with Crippen molar-refractivity contribution in [2.24, 2.45) is 0 Å². The minimum atomic E-state index is -0.564. The average molecular weight is 380 g/mol. The summed E-state index contributed by atoms with van der Waals surface area (Å²) in [5.41, 5.74) is 0.649. The molecule has 0 atom stereocenters. The monoisotopic (exact) mass is 380 g/mol. The van der Waals surface area contributed by atoms with E-state index in [1.807, 2.05) is 0 Å². The van der Waals surface area contributed by atoms with Crippen molar-refractivity contribution in [3.05, 3.63) is 76.3 Å². The minimum Gasteiger partial charge on any atom is -0.455 e. The molecule has 4 aromatic rings. The van der Waals surface area contributed by atoms with Crippen molar-refractivity contribution in [2.45, 2.75) is 13.0 Å². The number of rotatable bonds is 5. The zero-order valence-electron chi connectivity index (χ0n) is 14.4. The Morgan fingerprint density at radius 1 is 1.11 bits per heavy atom. The van der Waals surface area contributed by atoms with Gasteiger partial charge in [0.2, 0.25) is 5.82 Å². The summed E-state index contributed by atoms with van der Waals surface area (Å²) < 4.78 is 23.2. The van der Waals surface area contributed by atoms with Crippen molar-refractivity contribution in [1.82, 2.24) is 20.3 Å². The summed E-state index contributed by atoms with van der Waals surface area (Å²) in [5.74, 6) is -0.567. The molecule has 8 nitrogen and oxygen atoms in total. The summed E-state index contributed by atoms with van der Waals surface area (Å²) >= 11 is 0. The van der Waals surface area contributed by atoms with Crippen LogP contribution in [0.25, 0.3) is 22.2 Å². The van der Waals surface area contributed by atoms with Crippen molar-refractivity contribution in [1.29, 1.82) is 0 Å². The van der Waals surface area contributed by atoms with Crippen LogP contribution in [0, 0.1) is 5.82 Å². The maximum atomic E-state index is 13.0. The van der Waals surface area contributed by atoms with Gasteiger partial charge in [0.25, 0.3) is 11.4 Å². The molecule has 4 rings (SSSR count). The number of carbonyl (C=O) groups excluding carboxylic acids is 1. The standard InChI is InChI=1S/C19H13FN4O4/c20-12-7-5-11(6-8-12)18-21-16(28-24-18)10-27-17(25)9-15-13-3-1-2-4-14(13)19(26)23-22-15/h1-8H,9-10H2,(H,23,26). The topological polar surface area (TPSA) is 111 Å². The van der Waals surface area contributed by atoms with Gasteiger partial charge in [-0.25, -0.2) is 9.49 Å². The molecular formula is C19H13FN4O4. The van der Waals surface area contributed by atoms with Crippen LogP contribution < -0.4 is 5.56 Å². The summed E-state index contributed by atoms with van der Waals surface area (Å²) in [4.78, 5) is 28.0. The molecule has 0 saturated heterocycles. The van der Waals surface area contributed by atoms with Gasteiger partial charge in [-0.1, -0.05) is 23.4 Å². The summed E-state index contributed by atoms with van der Waals surface area (Å²) in [5, 5.41) is 11.1. The van der Waals surface area contributed by atoms with Crippen molar-refractivity contribution >= 4 is 16.7 Å². The molecule has 1 N–H and O–H groups in total. The predicted octanol–water partition coefficient (Wildman–Crippen LogP) is 2.40. The number of H-pyrrole nitrogens is 1. The number of benzene rings is 2. The van der Waals surface area contributed by atoms with Gasteiger partial charge in [-0.2, -0.15) is 10.1 Å². The highest BCUT2D eigenvalue weighted by molar-refractivity contribution is 5.86. The number of hydrogen-bond donors (Lipinski definition) is 1. The molecule has 0 fully saturated rings. The minimum absolute atomic E-state index is 0.104. The molecule has 0 aliphatic rings. The van der Waals surface area contributed by atoms with Crippen LogP contribution in [0.2, 0.25) is 0 Å². The van der Waals surface area contributed by atoms with Gasteiger partial charge >= 0.3 is 5.97 Å². The Hall–Kier alpha value is -3.88. The maximum absolute atomic E-state index is 13.0. The molecule has 0 aliphatic carbocycles. The number of esters is 1. The Labute approximate surface area is 157 Å². The average Bonchev–Trinajstić information content (AvgIpc) is 3.18. The summed E-state index contributed by atoms with van der Waals surface area (Å²) in [6, 6.07) is 12.5. The van der Waals surface area contributed by atoms with E-state index in [0.717, 1.165) is 0 Å². The van der Waals surface area contributed by atoms with E-state index in [0.29, 0.717) is 22.0 Å². The largest absolute Gasteiger partial charge is 0.455 e. The smallest absolute Gasteiger partial charge is 0.312 e. The molecule has 0 radical (unpaired) electrons. The maximum Gasteiger partial charge on any atom is 0.312 e. The van der Waals surface area contributed by atoms with Crippen LogP contribution in [0.3, 0.4) is 0 Å². The van der Waals surface area contributed by atoms with E-state index >= 15 is 0 Å². The Morgan fingerprint density at radius 2 is 1.86 bits per heavy atom. The summed E-state index contributed by atoms with van der Waals surface area (Å²) in [7, 11) is 0. The van der Waals surface area contributed by atoms with Crippen molar-refractivity contribution < 1.29 is 18.4 Å². The lowest BCUT2D eigenvalue weighted by atomic mass is 10.1. The van der Waals surface area contributed by atoms with E-state index in [4.69, 9.17) is 9.26 Å². The van der Waals surface area contributed by atoms with E-state index in [1.54, 1.807) is 24.3 Å². The highest BCUT2D eigenvalue weighted by Crippen LogP contribution is 2.17. The van der Waals surface area contributed by atoms with Crippen LogP contribution in [-0.4, -0.2) is 26.3 Å². The van der Waals surface area contributed by atoms with Gasteiger partial charge in [-0.3, -0.25) is 9.59 Å². The second-order valence-corrected chi connectivity index (χ2v) is 5.90. The van der Waals surface area contributed by atoms with Gasteiger partial charge in [0, 0.05) is 10.9 Å². The van der Waals surface area contributed by atoms with Crippen LogP contribution in [0.1, 0.15) is 11.6 Å². The van der Waals surface area contributed by atoms with Crippen molar-refractivity contribution in [3.8, 4) is 11.4 Å². The summed E-state index contributed by atoms with van der Waals surface area (Å²) in [6.45, 7) is -0.214. The zero-order chi connectivity index (χ0) is 19.5. The van der Waals surface area contributed by atoms with Gasteiger partial charge in [-0.15, -0.1) is 0 Å². The van der Waals surface area contributed by atoms with E-state index in [-0.39, 0.29) is 36.1 Å². The Kier molecular flexibility index (Phi) is 4.63. The molecule has 0 bridgehead atoms. The molecule has 9 heteroatoms. The third-order valence-corrected chi connectivity index (χ3v) is 4.01. The highest BCUT2D eigenvalue weighted by Gasteiger charge is 2.14. The fourth-order valence-electron chi connectivity index (χ4n) is 2.67. The number of hydrogen-bond acceptors (Lipinski definition) is 7. The number of carbonyl (C=O) groups is 1. The second kappa shape index (κ2) is 7.39. The molecule has 2 aromatic carbocycles. The van der Waals surface area contributed by atoms with E-state index in [2.05, 4.69) is 20.3 Å². The first-order valence-electron chi connectivity index (χ1n) is 8.30. The molecule has 2 heterocycles. The number of halogens is 1. The summed E-state index contributed by atoms with van der Waals surface area (Å²) in [6.07, 6.45) is -0.129. The van der Waals surface area contributed by atoms with Gasteiger partial charge in [0.05, 0.1) is 17.5 Å². The first-order valence-corrected chi connectivity index (χ1v) is 8.30. The highest BCUT2D eigenvalue weighted by atomic mass is 19.1. The van der Waals surface area contributed by atoms with Crippen LogP contribution in [0.5, 0.6) is 0 Å². The quantitative estimate of drug-likeness (QED) is 0.529. The molecule has 140 valence electrons. The normalized spacial score (nSPS) is 10.9. The number of fused-ring (bicyclic) bond motifs is 1. The van der Waals surface area contributed by atoms with Crippen LogP contribution in [-0.2, 0) is 22.6 Å². The fourth-order valence-corrected chi connectivity index (χ4v) is 2.67. The van der Waals surface area contributed by atoms with Crippen molar-refractivity contribution in [2.75, 3.05) is 0 Å². The van der Waals surface area contributed by atoms with Crippen LogP contribution >= 0.6 is 0 Å². The molecule has 0 unspecified atom stereocenters. The Balaban J connectivity index is 1.42. The lowest BCUT2D eigenvalue weighted by Gasteiger charge is -2.04. The van der Waals surface area contributed by atoms with Gasteiger partial charge in [0.1, 0.15) is 5.82 Å². The molecule has 0 saturated carbocycles. The first kappa shape index (κ1) is 17.5. The third-order valence-electron chi connectivity index (χ3n) is 4.01. The number of ether oxygens (including phenoxy) is 1. The molecule has 0 aliphatic heterocycles. The van der Waals surface area contributed by atoms with E-state index in [9.17, 15) is 14.0 Å².